The summed E-state index contributed by atoms with van der Waals surface area (Å²) < 4.78 is 22.3. The molecule has 1 atom stereocenters. The maximum Gasteiger partial charge on any atom is 0.255 e. The van der Waals surface area contributed by atoms with Crippen LogP contribution in [-0.2, 0) is 0 Å². The van der Waals surface area contributed by atoms with Crippen molar-refractivity contribution in [2.75, 3.05) is 26.6 Å². The first-order valence-corrected chi connectivity index (χ1v) is 12.9. The van der Waals surface area contributed by atoms with Gasteiger partial charge in [0.1, 0.15) is 23.1 Å². The predicted octanol–water partition coefficient (Wildman–Crippen LogP) is 6.68. The summed E-state index contributed by atoms with van der Waals surface area (Å²) in [5, 5.41) is 7.08. The van der Waals surface area contributed by atoms with Gasteiger partial charge in [0.05, 0.1) is 38.5 Å². The van der Waals surface area contributed by atoms with Gasteiger partial charge in [-0.05, 0) is 73.2 Å². The van der Waals surface area contributed by atoms with Crippen LogP contribution in [0.25, 0.3) is 10.9 Å². The van der Waals surface area contributed by atoms with Crippen LogP contribution in [0.2, 0.25) is 0 Å². The molecule has 0 spiro atoms. The minimum atomic E-state index is -0.243. The monoisotopic (exact) mass is 550 g/mol. The van der Waals surface area contributed by atoms with E-state index < -0.39 is 0 Å². The first kappa shape index (κ1) is 27.3. The number of amides is 1. The SMILES string of the molecule is COc1cccc([C@H](C)NC(=O)c2cccnc2Nc2ccc(Oc3ccnc4cc(OC)c(OC)cc34)cc2)c1. The number of methoxy groups -OCH3 is 3. The van der Waals surface area contributed by atoms with Crippen molar-refractivity contribution in [2.45, 2.75) is 13.0 Å². The van der Waals surface area contributed by atoms with Gasteiger partial charge in [-0.1, -0.05) is 12.1 Å². The standard InChI is InChI=1S/C32H30N4O5/c1-20(21-7-5-8-24(17-21)38-2)35-32(37)25-9-6-15-34-31(25)36-22-10-12-23(13-11-22)41-28-14-16-33-27-19-30(40-4)29(39-3)18-26(27)28/h5-20H,1-4H3,(H,34,36)(H,35,37)/t20-/m0/s1. The highest BCUT2D eigenvalue weighted by Crippen LogP contribution is 2.37. The summed E-state index contributed by atoms with van der Waals surface area (Å²) in [4.78, 5) is 22.0. The Labute approximate surface area is 238 Å². The Balaban J connectivity index is 1.30. The molecule has 9 heteroatoms. The average Bonchev–Trinajstić information content (AvgIpc) is 3.01. The predicted molar refractivity (Wildman–Crippen MR) is 158 cm³/mol. The summed E-state index contributed by atoms with van der Waals surface area (Å²) in [6, 6.07) is 23.7. The number of nitrogens with zero attached hydrogens (tertiary/aromatic N) is 2. The molecule has 2 heterocycles. The van der Waals surface area contributed by atoms with Gasteiger partial charge in [0.2, 0.25) is 0 Å². The quantitative estimate of drug-likeness (QED) is 0.198. The third kappa shape index (κ3) is 6.14. The van der Waals surface area contributed by atoms with Gasteiger partial charge in [0.15, 0.2) is 11.5 Å². The average molecular weight is 551 g/mol. The van der Waals surface area contributed by atoms with Gasteiger partial charge in [0.25, 0.3) is 5.91 Å². The molecule has 2 aromatic heterocycles. The molecule has 208 valence electrons. The normalized spacial score (nSPS) is 11.4. The van der Waals surface area contributed by atoms with E-state index in [2.05, 4.69) is 20.6 Å². The summed E-state index contributed by atoms with van der Waals surface area (Å²) in [5.74, 6) is 3.37. The molecular formula is C32H30N4O5. The molecule has 5 rings (SSSR count). The van der Waals surface area contributed by atoms with Gasteiger partial charge < -0.3 is 29.6 Å². The van der Waals surface area contributed by atoms with Crippen molar-refractivity contribution >= 4 is 28.3 Å². The van der Waals surface area contributed by atoms with Crippen LogP contribution in [0.5, 0.6) is 28.7 Å². The summed E-state index contributed by atoms with van der Waals surface area (Å²) in [6.45, 7) is 1.92. The molecule has 0 radical (unpaired) electrons. The fourth-order valence-corrected chi connectivity index (χ4v) is 4.36. The Morgan fingerprint density at radius 2 is 1.54 bits per heavy atom. The van der Waals surface area contributed by atoms with Crippen LogP contribution < -0.4 is 29.6 Å². The van der Waals surface area contributed by atoms with Crippen molar-refractivity contribution in [2.24, 2.45) is 0 Å². The van der Waals surface area contributed by atoms with Crippen molar-refractivity contribution in [3.63, 3.8) is 0 Å². The summed E-state index contributed by atoms with van der Waals surface area (Å²) in [6.07, 6.45) is 3.32. The van der Waals surface area contributed by atoms with Crippen LogP contribution in [0.1, 0.15) is 28.9 Å². The lowest BCUT2D eigenvalue weighted by molar-refractivity contribution is 0.0940. The van der Waals surface area contributed by atoms with Gasteiger partial charge in [-0.25, -0.2) is 4.98 Å². The number of hydrogen-bond acceptors (Lipinski definition) is 8. The Morgan fingerprint density at radius 3 is 2.29 bits per heavy atom. The largest absolute Gasteiger partial charge is 0.497 e. The van der Waals surface area contributed by atoms with Gasteiger partial charge in [-0.3, -0.25) is 9.78 Å². The minimum Gasteiger partial charge on any atom is -0.497 e. The summed E-state index contributed by atoms with van der Waals surface area (Å²) in [7, 11) is 4.79. The number of nitrogens with one attached hydrogen (secondary N) is 2. The van der Waals surface area contributed by atoms with Crippen LogP contribution >= 0.6 is 0 Å². The molecule has 2 N–H and O–H groups in total. The molecule has 1 amide bonds. The minimum absolute atomic E-state index is 0.229. The summed E-state index contributed by atoms with van der Waals surface area (Å²) >= 11 is 0. The van der Waals surface area contributed by atoms with Crippen molar-refractivity contribution in [3.05, 3.63) is 102 Å². The molecule has 0 aliphatic rings. The van der Waals surface area contributed by atoms with Crippen LogP contribution in [-0.4, -0.2) is 37.2 Å². The van der Waals surface area contributed by atoms with E-state index in [9.17, 15) is 4.79 Å². The molecular weight excluding hydrogens is 520 g/mol. The third-order valence-corrected chi connectivity index (χ3v) is 6.55. The van der Waals surface area contributed by atoms with Gasteiger partial charge >= 0.3 is 0 Å². The molecule has 0 unspecified atom stereocenters. The lowest BCUT2D eigenvalue weighted by Gasteiger charge is -2.17. The first-order valence-electron chi connectivity index (χ1n) is 12.9. The van der Waals surface area contributed by atoms with Gasteiger partial charge in [0, 0.05) is 29.5 Å². The molecule has 5 aromatic rings. The Kier molecular flexibility index (Phi) is 8.15. The zero-order valence-electron chi connectivity index (χ0n) is 23.2. The highest BCUT2D eigenvalue weighted by molar-refractivity contribution is 5.99. The molecule has 0 fully saturated rings. The number of fused-ring (bicyclic) bond motifs is 1. The van der Waals surface area contributed by atoms with E-state index in [-0.39, 0.29) is 11.9 Å². The Bertz CT molecular complexity index is 1670. The van der Waals surface area contributed by atoms with Crippen molar-refractivity contribution in [3.8, 4) is 28.7 Å². The van der Waals surface area contributed by atoms with Crippen LogP contribution in [0, 0.1) is 0 Å². The maximum absolute atomic E-state index is 13.2. The van der Waals surface area contributed by atoms with E-state index in [4.69, 9.17) is 18.9 Å². The smallest absolute Gasteiger partial charge is 0.255 e. The number of anilines is 2. The molecule has 0 bridgehead atoms. The lowest BCUT2D eigenvalue weighted by Crippen LogP contribution is -2.27. The number of hydrogen-bond donors (Lipinski definition) is 2. The number of ether oxygens (including phenoxy) is 4. The highest BCUT2D eigenvalue weighted by atomic mass is 16.5. The lowest BCUT2D eigenvalue weighted by atomic mass is 10.1. The molecule has 3 aromatic carbocycles. The van der Waals surface area contributed by atoms with Crippen molar-refractivity contribution < 1.29 is 23.7 Å². The molecule has 41 heavy (non-hydrogen) atoms. The van der Waals surface area contributed by atoms with E-state index >= 15 is 0 Å². The first-order chi connectivity index (χ1) is 20.0. The molecule has 0 aliphatic carbocycles. The number of carbonyl (C=O) groups excluding carboxylic acids is 1. The zero-order valence-corrected chi connectivity index (χ0v) is 23.2. The number of benzene rings is 3. The molecule has 0 saturated carbocycles. The van der Waals surface area contributed by atoms with E-state index in [1.54, 1.807) is 51.9 Å². The van der Waals surface area contributed by atoms with Crippen molar-refractivity contribution in [1.29, 1.82) is 0 Å². The van der Waals surface area contributed by atoms with Crippen LogP contribution in [0.4, 0.5) is 11.5 Å². The fraction of sp³-hybridized carbons (Fsp3) is 0.156. The Morgan fingerprint density at radius 1 is 0.756 bits per heavy atom. The number of carbonyl (C=O) groups is 1. The second-order valence-corrected chi connectivity index (χ2v) is 9.16. The molecule has 0 aliphatic heterocycles. The van der Waals surface area contributed by atoms with Crippen LogP contribution in [0.15, 0.2) is 91.3 Å². The Hall–Kier alpha value is -5.31. The molecule has 9 nitrogen and oxygen atoms in total. The van der Waals surface area contributed by atoms with E-state index in [1.165, 1.54) is 0 Å². The topological polar surface area (TPSA) is 104 Å². The van der Waals surface area contributed by atoms with Crippen LogP contribution in [0.3, 0.4) is 0 Å². The number of aromatic nitrogens is 2. The van der Waals surface area contributed by atoms with E-state index in [1.807, 2.05) is 67.6 Å². The van der Waals surface area contributed by atoms with E-state index in [0.717, 1.165) is 27.9 Å². The second kappa shape index (κ2) is 12.3. The third-order valence-electron chi connectivity index (χ3n) is 6.55. The second-order valence-electron chi connectivity index (χ2n) is 9.16. The van der Waals surface area contributed by atoms with Gasteiger partial charge in [-0.2, -0.15) is 0 Å². The van der Waals surface area contributed by atoms with Crippen molar-refractivity contribution in [1.82, 2.24) is 15.3 Å². The van der Waals surface area contributed by atoms with Gasteiger partial charge in [-0.15, -0.1) is 0 Å². The zero-order chi connectivity index (χ0) is 28.8. The number of rotatable bonds is 10. The van der Waals surface area contributed by atoms with E-state index in [0.29, 0.717) is 34.4 Å². The number of pyridine rings is 2. The highest BCUT2D eigenvalue weighted by Gasteiger charge is 2.17. The maximum atomic E-state index is 13.2. The summed E-state index contributed by atoms with van der Waals surface area (Å²) in [5.41, 5.74) is 2.83. The molecule has 0 saturated heterocycles. The fourth-order valence-electron chi connectivity index (χ4n) is 4.36.